The van der Waals surface area contributed by atoms with Crippen molar-refractivity contribution in [3.05, 3.63) is 23.3 Å². The molecular weight excluding hydrogens is 340 g/mol. The monoisotopic (exact) mass is 372 g/mol. The van der Waals surface area contributed by atoms with Crippen LogP contribution in [0.4, 0.5) is 0 Å². The van der Waals surface area contributed by atoms with Crippen LogP contribution in [0.15, 0.2) is 23.3 Å². The third-order valence-corrected chi connectivity index (χ3v) is 9.27. The number of allylic oxidation sites excluding steroid dienone is 2. The molecule has 0 bridgehead atoms. The molecule has 5 rings (SSSR count). The topological polar surface area (TPSA) is 66.8 Å². The lowest BCUT2D eigenvalue weighted by Crippen LogP contribution is -2.58. The Hall–Kier alpha value is -1.13. The van der Waals surface area contributed by atoms with Gasteiger partial charge in [0.05, 0.1) is 12.2 Å². The Morgan fingerprint density at radius 3 is 2.70 bits per heavy atom. The highest BCUT2D eigenvalue weighted by atomic mass is 16.5. The standard InChI is InChI=1S/C23H32O4/c1-22-8-7-19-16(4-3-14-10-15(24)11-20(25)23(14,19)2)18(22)6-5-17(22)13-9-21(26)27-12-13/h6,9,14-17,19-20,24-25H,3-5,7-8,10-12H2,1-2H3/t14-,15-,16+,17-,19+,20-,22-,23+/m1/s1. The molecule has 4 aliphatic carbocycles. The lowest BCUT2D eigenvalue weighted by molar-refractivity contribution is -0.157. The van der Waals surface area contributed by atoms with Crippen molar-refractivity contribution in [2.24, 2.45) is 34.5 Å². The van der Waals surface area contributed by atoms with Gasteiger partial charge in [-0.2, -0.15) is 0 Å². The number of esters is 1. The number of aliphatic hydroxyl groups excluding tert-OH is 2. The zero-order valence-corrected chi connectivity index (χ0v) is 16.5. The molecular formula is C23H32O4. The molecule has 148 valence electrons. The van der Waals surface area contributed by atoms with E-state index in [4.69, 9.17) is 4.74 Å². The zero-order chi connectivity index (χ0) is 19.0. The molecule has 4 nitrogen and oxygen atoms in total. The Balaban J connectivity index is 1.45. The SMILES string of the molecule is C[C@]12[C@H](CC[C@H]3C4=CC[C@H](C5=CC(=O)OC5)[C@@]4(C)CC[C@@H]31)C[C@@H](O)C[C@H]2O. The molecule has 0 saturated heterocycles. The second kappa shape index (κ2) is 5.93. The van der Waals surface area contributed by atoms with E-state index in [-0.39, 0.29) is 22.9 Å². The first-order valence-electron chi connectivity index (χ1n) is 10.8. The summed E-state index contributed by atoms with van der Waals surface area (Å²) >= 11 is 0. The van der Waals surface area contributed by atoms with E-state index >= 15 is 0 Å². The van der Waals surface area contributed by atoms with E-state index in [1.807, 2.05) is 0 Å². The number of ether oxygens (including phenoxy) is 1. The summed E-state index contributed by atoms with van der Waals surface area (Å²) in [6.45, 7) is 5.16. The summed E-state index contributed by atoms with van der Waals surface area (Å²) in [6.07, 6.45) is 10.4. The summed E-state index contributed by atoms with van der Waals surface area (Å²) in [5, 5.41) is 21.2. The van der Waals surface area contributed by atoms with Gasteiger partial charge in [-0.1, -0.05) is 25.5 Å². The van der Waals surface area contributed by atoms with E-state index in [1.165, 1.54) is 12.0 Å². The van der Waals surface area contributed by atoms with Crippen LogP contribution in [0.5, 0.6) is 0 Å². The number of fused-ring (bicyclic) bond motifs is 5. The van der Waals surface area contributed by atoms with Crippen molar-refractivity contribution in [3.63, 3.8) is 0 Å². The van der Waals surface area contributed by atoms with Gasteiger partial charge in [0.2, 0.25) is 0 Å². The smallest absolute Gasteiger partial charge is 0.331 e. The molecule has 27 heavy (non-hydrogen) atoms. The lowest BCUT2D eigenvalue weighted by atomic mass is 9.45. The van der Waals surface area contributed by atoms with Gasteiger partial charge in [-0.25, -0.2) is 4.79 Å². The van der Waals surface area contributed by atoms with Crippen molar-refractivity contribution in [2.45, 2.75) is 71.0 Å². The third-order valence-electron chi connectivity index (χ3n) is 9.27. The summed E-state index contributed by atoms with van der Waals surface area (Å²) in [5.41, 5.74) is 2.81. The van der Waals surface area contributed by atoms with Gasteiger partial charge in [-0.15, -0.1) is 0 Å². The summed E-state index contributed by atoms with van der Waals surface area (Å²) in [5.74, 6) is 1.69. The molecule has 0 aromatic rings. The predicted octanol–water partition coefficient (Wildman–Crippen LogP) is 3.38. The lowest BCUT2D eigenvalue weighted by Gasteiger charge is -2.61. The van der Waals surface area contributed by atoms with Gasteiger partial charge in [0, 0.05) is 6.08 Å². The molecule has 0 amide bonds. The molecule has 4 heteroatoms. The fraction of sp³-hybridized carbons (Fsp3) is 0.783. The van der Waals surface area contributed by atoms with Gasteiger partial charge >= 0.3 is 5.97 Å². The maximum Gasteiger partial charge on any atom is 0.331 e. The molecule has 0 aromatic heterocycles. The van der Waals surface area contributed by atoms with Crippen LogP contribution < -0.4 is 0 Å². The van der Waals surface area contributed by atoms with Gasteiger partial charge in [-0.05, 0) is 85.0 Å². The molecule has 0 spiro atoms. The Morgan fingerprint density at radius 2 is 1.96 bits per heavy atom. The molecule has 0 radical (unpaired) electrons. The van der Waals surface area contributed by atoms with E-state index in [0.717, 1.165) is 32.1 Å². The number of hydrogen-bond acceptors (Lipinski definition) is 4. The Labute approximate surface area is 161 Å². The molecule has 3 saturated carbocycles. The molecule has 0 unspecified atom stereocenters. The summed E-state index contributed by atoms with van der Waals surface area (Å²) in [4.78, 5) is 11.6. The van der Waals surface area contributed by atoms with Gasteiger partial charge in [0.15, 0.2) is 0 Å². The average molecular weight is 373 g/mol. The summed E-state index contributed by atoms with van der Waals surface area (Å²) in [7, 11) is 0. The van der Waals surface area contributed by atoms with Crippen LogP contribution in [-0.4, -0.2) is 35.0 Å². The number of aliphatic hydroxyl groups is 2. The molecule has 2 N–H and O–H groups in total. The number of carbonyl (C=O) groups is 1. The first kappa shape index (κ1) is 17.9. The van der Waals surface area contributed by atoms with Crippen LogP contribution in [-0.2, 0) is 9.53 Å². The van der Waals surface area contributed by atoms with E-state index < -0.39 is 6.10 Å². The average Bonchev–Trinajstić information content (AvgIpc) is 3.19. The van der Waals surface area contributed by atoms with E-state index in [2.05, 4.69) is 19.9 Å². The fourth-order valence-corrected chi connectivity index (χ4v) is 7.78. The van der Waals surface area contributed by atoms with Crippen LogP contribution in [0.2, 0.25) is 0 Å². The summed E-state index contributed by atoms with van der Waals surface area (Å²) < 4.78 is 5.21. The molecule has 1 heterocycles. The highest BCUT2D eigenvalue weighted by Gasteiger charge is 2.60. The number of rotatable bonds is 1. The largest absolute Gasteiger partial charge is 0.458 e. The molecule has 0 aromatic carbocycles. The number of carbonyl (C=O) groups excluding carboxylic acids is 1. The highest BCUT2D eigenvalue weighted by Crippen LogP contribution is 2.66. The minimum absolute atomic E-state index is 0.0753. The third kappa shape index (κ3) is 2.38. The fourth-order valence-electron chi connectivity index (χ4n) is 7.78. The van der Waals surface area contributed by atoms with E-state index in [9.17, 15) is 15.0 Å². The Morgan fingerprint density at radius 1 is 1.15 bits per heavy atom. The minimum atomic E-state index is -0.398. The van der Waals surface area contributed by atoms with Gasteiger partial charge in [-0.3, -0.25) is 0 Å². The van der Waals surface area contributed by atoms with Crippen LogP contribution in [0, 0.1) is 34.5 Å². The first-order chi connectivity index (χ1) is 12.8. The normalized spacial score (nSPS) is 51.6. The van der Waals surface area contributed by atoms with Crippen molar-refractivity contribution in [2.75, 3.05) is 6.61 Å². The highest BCUT2D eigenvalue weighted by molar-refractivity contribution is 5.85. The van der Waals surface area contributed by atoms with Crippen molar-refractivity contribution in [3.8, 4) is 0 Å². The quantitative estimate of drug-likeness (QED) is 0.547. The second-order valence-corrected chi connectivity index (χ2v) is 10.2. The van der Waals surface area contributed by atoms with Crippen molar-refractivity contribution in [1.29, 1.82) is 0 Å². The van der Waals surface area contributed by atoms with Crippen molar-refractivity contribution >= 4 is 5.97 Å². The van der Waals surface area contributed by atoms with Crippen LogP contribution >= 0.6 is 0 Å². The van der Waals surface area contributed by atoms with Crippen molar-refractivity contribution < 1.29 is 19.7 Å². The predicted molar refractivity (Wildman–Crippen MR) is 102 cm³/mol. The number of hydrogen-bond donors (Lipinski definition) is 2. The van der Waals surface area contributed by atoms with Gasteiger partial charge in [0.1, 0.15) is 6.61 Å². The molecule has 3 fully saturated rings. The maximum absolute atomic E-state index is 11.6. The Kier molecular flexibility index (Phi) is 3.94. The van der Waals surface area contributed by atoms with Gasteiger partial charge in [0.25, 0.3) is 0 Å². The van der Waals surface area contributed by atoms with Crippen LogP contribution in [0.1, 0.15) is 58.8 Å². The molecule has 5 aliphatic rings. The molecule has 1 aliphatic heterocycles. The maximum atomic E-state index is 11.6. The van der Waals surface area contributed by atoms with Crippen LogP contribution in [0.3, 0.4) is 0 Å². The zero-order valence-electron chi connectivity index (χ0n) is 16.5. The van der Waals surface area contributed by atoms with Gasteiger partial charge < -0.3 is 14.9 Å². The summed E-state index contributed by atoms with van der Waals surface area (Å²) in [6, 6.07) is 0. The van der Waals surface area contributed by atoms with Crippen LogP contribution in [0.25, 0.3) is 0 Å². The minimum Gasteiger partial charge on any atom is -0.458 e. The first-order valence-corrected chi connectivity index (χ1v) is 10.8. The van der Waals surface area contributed by atoms with Crippen molar-refractivity contribution in [1.82, 2.24) is 0 Å². The second-order valence-electron chi connectivity index (χ2n) is 10.2. The number of cyclic esters (lactones) is 1. The van der Waals surface area contributed by atoms with E-state index in [0.29, 0.717) is 36.7 Å². The Bertz CT molecular complexity index is 724. The molecule has 8 atom stereocenters. The van der Waals surface area contributed by atoms with E-state index in [1.54, 1.807) is 11.6 Å².